The molecule has 1 aromatic rings. The lowest BCUT2D eigenvalue weighted by molar-refractivity contribution is 0.166. The molecule has 0 bridgehead atoms. The number of hydrogen-bond donors (Lipinski definition) is 2. The number of sulfonamides is 1. The minimum Gasteiger partial charge on any atom is -0.352 e. The first-order valence-electron chi connectivity index (χ1n) is 7.76. The van der Waals surface area contributed by atoms with Crippen molar-refractivity contribution in [1.82, 2.24) is 14.6 Å². The fraction of sp³-hybridized carbons (Fsp3) is 0.733. The van der Waals surface area contributed by atoms with Crippen LogP contribution in [-0.2, 0) is 23.6 Å². The van der Waals surface area contributed by atoms with Crippen molar-refractivity contribution in [3.05, 3.63) is 18.0 Å². The molecule has 0 unspecified atom stereocenters. The number of rotatable bonds is 7. The normalized spacial score (nSPS) is 21.2. The van der Waals surface area contributed by atoms with Gasteiger partial charge in [-0.15, -0.1) is 0 Å². The zero-order chi connectivity index (χ0) is 15.1. The number of nitrogens with zero attached hydrogens (tertiary/aromatic N) is 1. The predicted molar refractivity (Wildman–Crippen MR) is 82.4 cm³/mol. The number of aryl methyl sites for hydroxylation is 1. The summed E-state index contributed by atoms with van der Waals surface area (Å²) in [5.74, 6) is 0. The molecule has 1 heterocycles. The van der Waals surface area contributed by atoms with Crippen LogP contribution in [-0.4, -0.2) is 25.6 Å². The summed E-state index contributed by atoms with van der Waals surface area (Å²) in [6.07, 6.45) is 7.60. The van der Waals surface area contributed by atoms with Crippen molar-refractivity contribution in [3.63, 3.8) is 0 Å². The van der Waals surface area contributed by atoms with E-state index in [2.05, 4.69) is 17.0 Å². The van der Waals surface area contributed by atoms with E-state index in [1.54, 1.807) is 12.3 Å². The summed E-state index contributed by atoms with van der Waals surface area (Å²) in [6, 6.07) is 2.40. The molecule has 21 heavy (non-hydrogen) atoms. The molecule has 0 atom stereocenters. The summed E-state index contributed by atoms with van der Waals surface area (Å²) in [7, 11) is -1.49. The maximum Gasteiger partial charge on any atom is 0.242 e. The van der Waals surface area contributed by atoms with Crippen LogP contribution in [0.2, 0.25) is 0 Å². The molecule has 2 fully saturated rings. The molecule has 5 nitrogen and oxygen atoms in total. The number of aromatic nitrogens is 1. The van der Waals surface area contributed by atoms with Gasteiger partial charge in [0.1, 0.15) is 0 Å². The van der Waals surface area contributed by atoms with Gasteiger partial charge in [0.05, 0.1) is 4.90 Å². The second-order valence-electron chi connectivity index (χ2n) is 6.92. The van der Waals surface area contributed by atoms with E-state index < -0.39 is 10.0 Å². The van der Waals surface area contributed by atoms with Gasteiger partial charge in [-0.1, -0.05) is 13.3 Å². The third-order valence-corrected chi connectivity index (χ3v) is 6.16. The van der Waals surface area contributed by atoms with Crippen molar-refractivity contribution in [2.75, 3.05) is 6.54 Å². The molecular weight excluding hydrogens is 286 g/mol. The van der Waals surface area contributed by atoms with E-state index in [1.165, 1.54) is 19.3 Å². The lowest BCUT2D eigenvalue weighted by atomic mass is 9.71. The summed E-state index contributed by atoms with van der Waals surface area (Å²) in [5.41, 5.74) is 1.16. The van der Waals surface area contributed by atoms with Crippen molar-refractivity contribution >= 4 is 10.0 Å². The number of nitrogens with one attached hydrogen (secondary N) is 2. The Kier molecular flexibility index (Phi) is 3.88. The molecule has 0 aliphatic heterocycles. The molecule has 2 aliphatic rings. The highest BCUT2D eigenvalue weighted by molar-refractivity contribution is 7.89. The van der Waals surface area contributed by atoms with Crippen LogP contribution >= 0.6 is 0 Å². The Bertz CT molecular complexity index is 613. The van der Waals surface area contributed by atoms with Gasteiger partial charge in [0.25, 0.3) is 0 Å². The first-order chi connectivity index (χ1) is 9.88. The van der Waals surface area contributed by atoms with Crippen molar-refractivity contribution in [1.29, 1.82) is 0 Å². The van der Waals surface area contributed by atoms with Crippen LogP contribution < -0.4 is 10.0 Å². The van der Waals surface area contributed by atoms with Crippen molar-refractivity contribution in [2.45, 2.75) is 56.5 Å². The first-order valence-corrected chi connectivity index (χ1v) is 9.25. The molecule has 0 radical (unpaired) electrons. The van der Waals surface area contributed by atoms with E-state index in [-0.39, 0.29) is 5.41 Å². The molecule has 2 aliphatic carbocycles. The lowest BCUT2D eigenvalue weighted by Gasteiger charge is -2.38. The molecule has 0 aromatic carbocycles. The highest BCUT2D eigenvalue weighted by Gasteiger charge is 2.33. The molecule has 2 N–H and O–H groups in total. The minimum atomic E-state index is -3.39. The Morgan fingerprint density at radius 1 is 1.38 bits per heavy atom. The van der Waals surface area contributed by atoms with Gasteiger partial charge in [0.2, 0.25) is 10.0 Å². The Morgan fingerprint density at radius 3 is 2.67 bits per heavy atom. The zero-order valence-electron chi connectivity index (χ0n) is 12.9. The van der Waals surface area contributed by atoms with Gasteiger partial charge >= 0.3 is 0 Å². The second-order valence-corrected chi connectivity index (χ2v) is 8.69. The smallest absolute Gasteiger partial charge is 0.242 e. The minimum absolute atomic E-state index is 0.151. The molecule has 2 saturated carbocycles. The average Bonchev–Trinajstić information content (AvgIpc) is 3.15. The van der Waals surface area contributed by atoms with E-state index in [0.29, 0.717) is 17.5 Å². The van der Waals surface area contributed by atoms with Gasteiger partial charge in [0, 0.05) is 38.1 Å². The average molecular weight is 311 g/mol. The summed E-state index contributed by atoms with van der Waals surface area (Å²) in [5, 5.41) is 3.42. The Labute approximate surface area is 127 Å². The highest BCUT2D eigenvalue weighted by Crippen LogP contribution is 2.39. The molecule has 0 spiro atoms. The quantitative estimate of drug-likeness (QED) is 0.806. The van der Waals surface area contributed by atoms with E-state index in [4.69, 9.17) is 0 Å². The van der Waals surface area contributed by atoms with Crippen LogP contribution in [0.5, 0.6) is 0 Å². The lowest BCUT2D eigenvalue weighted by Crippen LogP contribution is -2.39. The Balaban J connectivity index is 1.64. The van der Waals surface area contributed by atoms with Crippen LogP contribution in [0.1, 0.15) is 44.7 Å². The van der Waals surface area contributed by atoms with E-state index in [1.807, 2.05) is 11.6 Å². The van der Waals surface area contributed by atoms with Crippen molar-refractivity contribution in [2.24, 2.45) is 12.5 Å². The standard InChI is InChI=1S/C15H25N3O2S/c1-15(6-3-7-15)11-17-21(19,20)14-8-13(18(2)10-14)9-16-12-4-5-12/h8,10,12,16-17H,3-7,9,11H2,1-2H3. The molecule has 118 valence electrons. The summed E-state index contributed by atoms with van der Waals surface area (Å²) < 4.78 is 29.5. The largest absolute Gasteiger partial charge is 0.352 e. The van der Waals surface area contributed by atoms with E-state index >= 15 is 0 Å². The van der Waals surface area contributed by atoms with E-state index in [9.17, 15) is 8.42 Å². The summed E-state index contributed by atoms with van der Waals surface area (Å²) in [6.45, 7) is 3.42. The molecule has 6 heteroatoms. The Morgan fingerprint density at radius 2 is 2.10 bits per heavy atom. The fourth-order valence-electron chi connectivity index (χ4n) is 2.75. The molecule has 1 aromatic heterocycles. The van der Waals surface area contributed by atoms with Gasteiger partial charge in [0.15, 0.2) is 0 Å². The second kappa shape index (κ2) is 5.41. The third-order valence-electron chi connectivity index (χ3n) is 4.79. The van der Waals surface area contributed by atoms with Gasteiger partial charge in [-0.05, 0) is 37.2 Å². The maximum atomic E-state index is 12.4. The van der Waals surface area contributed by atoms with Crippen LogP contribution in [0.25, 0.3) is 0 Å². The molecule has 3 rings (SSSR count). The molecule has 0 saturated heterocycles. The molecule has 0 amide bonds. The fourth-order valence-corrected chi connectivity index (χ4v) is 4.04. The third kappa shape index (κ3) is 3.49. The van der Waals surface area contributed by atoms with Crippen molar-refractivity contribution < 1.29 is 8.42 Å². The zero-order valence-corrected chi connectivity index (χ0v) is 13.7. The summed E-state index contributed by atoms with van der Waals surface area (Å²) >= 11 is 0. The van der Waals surface area contributed by atoms with Gasteiger partial charge in [-0.2, -0.15) is 0 Å². The first kappa shape index (κ1) is 15.1. The van der Waals surface area contributed by atoms with Gasteiger partial charge in [-0.25, -0.2) is 13.1 Å². The van der Waals surface area contributed by atoms with Crippen LogP contribution in [0.15, 0.2) is 17.2 Å². The summed E-state index contributed by atoms with van der Waals surface area (Å²) in [4.78, 5) is 0.375. The van der Waals surface area contributed by atoms with Crippen LogP contribution in [0.3, 0.4) is 0 Å². The van der Waals surface area contributed by atoms with E-state index in [0.717, 1.165) is 25.1 Å². The maximum absolute atomic E-state index is 12.4. The predicted octanol–water partition coefficient (Wildman–Crippen LogP) is 1.75. The molecular formula is C15H25N3O2S. The SMILES string of the molecule is Cn1cc(S(=O)(=O)NCC2(C)CCC2)cc1CNC1CC1. The number of hydrogen-bond acceptors (Lipinski definition) is 3. The van der Waals surface area contributed by atoms with Crippen LogP contribution in [0, 0.1) is 5.41 Å². The highest BCUT2D eigenvalue weighted by atomic mass is 32.2. The van der Waals surface area contributed by atoms with Gasteiger partial charge in [-0.3, -0.25) is 0 Å². The van der Waals surface area contributed by atoms with Crippen LogP contribution in [0.4, 0.5) is 0 Å². The van der Waals surface area contributed by atoms with Gasteiger partial charge < -0.3 is 9.88 Å². The monoisotopic (exact) mass is 311 g/mol. The topological polar surface area (TPSA) is 63.1 Å². The van der Waals surface area contributed by atoms with Crippen molar-refractivity contribution in [3.8, 4) is 0 Å². The Hall–Kier alpha value is -0.850.